The Labute approximate surface area is 147 Å². The van der Waals surface area contributed by atoms with Gasteiger partial charge < -0.3 is 9.64 Å². The highest BCUT2D eigenvalue weighted by Crippen LogP contribution is 2.25. The Kier molecular flexibility index (Phi) is 6.06. The van der Waals surface area contributed by atoms with Crippen molar-refractivity contribution < 1.29 is 9.53 Å². The number of ether oxygens (including phenoxy) is 1. The van der Waals surface area contributed by atoms with Gasteiger partial charge in [-0.15, -0.1) is 11.3 Å². The molecule has 0 spiro atoms. The second-order valence-corrected chi connectivity index (χ2v) is 7.56. The highest BCUT2D eigenvalue weighted by molar-refractivity contribution is 9.11. The fraction of sp³-hybridized carbons (Fsp3) is 0.188. The van der Waals surface area contributed by atoms with Crippen molar-refractivity contribution in [2.45, 2.75) is 6.54 Å². The molecule has 0 aliphatic rings. The van der Waals surface area contributed by atoms with Crippen molar-refractivity contribution in [2.24, 2.45) is 0 Å². The smallest absolute Gasteiger partial charge is 0.246 e. The van der Waals surface area contributed by atoms with Gasteiger partial charge >= 0.3 is 0 Å². The maximum absolute atomic E-state index is 12.2. The summed E-state index contributed by atoms with van der Waals surface area (Å²) in [5.41, 5.74) is 0.873. The first-order valence-corrected chi connectivity index (χ1v) is 8.49. The highest BCUT2D eigenvalue weighted by atomic mass is 79.9. The fourth-order valence-corrected chi connectivity index (χ4v) is 3.42. The van der Waals surface area contributed by atoms with Gasteiger partial charge in [-0.1, -0.05) is 11.6 Å². The minimum Gasteiger partial charge on any atom is -0.496 e. The first-order chi connectivity index (χ1) is 10.5. The Morgan fingerprint density at radius 3 is 2.82 bits per heavy atom. The van der Waals surface area contributed by atoms with Crippen molar-refractivity contribution in [3.8, 4) is 5.75 Å². The molecule has 116 valence electrons. The number of amides is 1. The molecule has 2 aromatic rings. The quantitative estimate of drug-likeness (QED) is 0.672. The van der Waals surface area contributed by atoms with Crippen molar-refractivity contribution in [3.63, 3.8) is 0 Å². The Morgan fingerprint density at radius 2 is 2.18 bits per heavy atom. The number of benzene rings is 1. The Balaban J connectivity index is 2.05. The molecule has 6 heteroatoms. The molecule has 0 bridgehead atoms. The van der Waals surface area contributed by atoms with Gasteiger partial charge in [0.05, 0.1) is 10.9 Å². The molecule has 0 atom stereocenters. The monoisotopic (exact) mass is 399 g/mol. The van der Waals surface area contributed by atoms with E-state index in [0.717, 1.165) is 20.0 Å². The average molecular weight is 401 g/mol. The summed E-state index contributed by atoms with van der Waals surface area (Å²) in [5, 5.41) is 0.621. The van der Waals surface area contributed by atoms with E-state index >= 15 is 0 Å². The molecule has 0 fully saturated rings. The summed E-state index contributed by atoms with van der Waals surface area (Å²) >= 11 is 11.0. The van der Waals surface area contributed by atoms with Crippen LogP contribution in [0.1, 0.15) is 10.4 Å². The molecule has 0 unspecified atom stereocenters. The summed E-state index contributed by atoms with van der Waals surface area (Å²) < 4.78 is 6.33. The van der Waals surface area contributed by atoms with Crippen molar-refractivity contribution in [3.05, 3.63) is 55.7 Å². The van der Waals surface area contributed by atoms with Gasteiger partial charge in [-0.3, -0.25) is 4.79 Å². The molecule has 22 heavy (non-hydrogen) atoms. The predicted octanol–water partition coefficient (Wildman–Crippen LogP) is 4.84. The van der Waals surface area contributed by atoms with Gasteiger partial charge in [-0.05, 0) is 52.3 Å². The van der Waals surface area contributed by atoms with E-state index in [1.807, 2.05) is 24.3 Å². The first-order valence-electron chi connectivity index (χ1n) is 6.50. The zero-order valence-corrected chi connectivity index (χ0v) is 15.3. The molecule has 0 aliphatic heterocycles. The van der Waals surface area contributed by atoms with Crippen LogP contribution < -0.4 is 4.74 Å². The molecule has 0 saturated heterocycles. The van der Waals surface area contributed by atoms with Crippen LogP contribution >= 0.6 is 38.9 Å². The average Bonchev–Trinajstić information content (AvgIpc) is 2.90. The molecule has 1 aromatic carbocycles. The Morgan fingerprint density at radius 1 is 1.41 bits per heavy atom. The number of halogens is 2. The Bertz CT molecular complexity index is 699. The molecule has 1 aromatic heterocycles. The second kappa shape index (κ2) is 7.81. The number of carbonyl (C=O) groups excluding carboxylic acids is 1. The minimum absolute atomic E-state index is 0.0773. The van der Waals surface area contributed by atoms with E-state index in [9.17, 15) is 4.79 Å². The van der Waals surface area contributed by atoms with Crippen LogP contribution in [0.2, 0.25) is 5.02 Å². The van der Waals surface area contributed by atoms with E-state index in [4.69, 9.17) is 16.3 Å². The lowest BCUT2D eigenvalue weighted by Gasteiger charge is -2.17. The zero-order valence-electron chi connectivity index (χ0n) is 12.2. The lowest BCUT2D eigenvalue weighted by Crippen LogP contribution is -2.24. The lowest BCUT2D eigenvalue weighted by atomic mass is 10.2. The van der Waals surface area contributed by atoms with Gasteiger partial charge in [0.2, 0.25) is 5.91 Å². The van der Waals surface area contributed by atoms with Crippen molar-refractivity contribution in [2.75, 3.05) is 14.2 Å². The standard InChI is InChI=1S/C16H15BrClNO2S/c1-19(10-11-9-12(18)3-6-14(11)21-2)16(20)8-5-13-4-7-15(17)22-13/h3-9H,10H2,1-2H3/b8-5+. The van der Waals surface area contributed by atoms with Gasteiger partial charge in [0.1, 0.15) is 5.75 Å². The molecule has 3 nitrogen and oxygen atoms in total. The van der Waals surface area contributed by atoms with Crippen molar-refractivity contribution >= 4 is 50.9 Å². The van der Waals surface area contributed by atoms with Crippen LogP contribution in [-0.4, -0.2) is 25.0 Å². The summed E-state index contributed by atoms with van der Waals surface area (Å²) in [6.45, 7) is 0.432. The summed E-state index contributed by atoms with van der Waals surface area (Å²) in [6.07, 6.45) is 3.37. The van der Waals surface area contributed by atoms with Crippen LogP contribution in [0.3, 0.4) is 0 Å². The molecular formula is C16H15BrClNO2S. The van der Waals surface area contributed by atoms with Crippen molar-refractivity contribution in [1.82, 2.24) is 4.90 Å². The number of methoxy groups -OCH3 is 1. The highest BCUT2D eigenvalue weighted by Gasteiger charge is 2.10. The van der Waals surface area contributed by atoms with Crippen LogP contribution in [0.5, 0.6) is 5.75 Å². The maximum atomic E-state index is 12.2. The molecule has 0 N–H and O–H groups in total. The predicted molar refractivity (Wildman–Crippen MR) is 95.5 cm³/mol. The summed E-state index contributed by atoms with van der Waals surface area (Å²) in [6, 6.07) is 9.29. The molecule has 0 saturated carbocycles. The third-order valence-corrected chi connectivity index (χ3v) is 4.83. The van der Waals surface area contributed by atoms with Crippen LogP contribution in [-0.2, 0) is 11.3 Å². The van der Waals surface area contributed by atoms with E-state index < -0.39 is 0 Å². The fourth-order valence-electron chi connectivity index (χ4n) is 1.90. The van der Waals surface area contributed by atoms with Crippen LogP contribution in [0.4, 0.5) is 0 Å². The summed E-state index contributed by atoms with van der Waals surface area (Å²) in [5.74, 6) is 0.641. The van der Waals surface area contributed by atoms with Crippen LogP contribution in [0.25, 0.3) is 6.08 Å². The van der Waals surface area contributed by atoms with Gasteiger partial charge in [-0.2, -0.15) is 0 Å². The Hall–Kier alpha value is -1.30. The number of hydrogen-bond acceptors (Lipinski definition) is 3. The van der Waals surface area contributed by atoms with Gasteiger partial charge in [-0.25, -0.2) is 0 Å². The third kappa shape index (κ3) is 4.60. The molecule has 1 amide bonds. The third-order valence-electron chi connectivity index (χ3n) is 3.01. The molecule has 0 radical (unpaired) electrons. The number of likely N-dealkylation sites (N-methyl/N-ethyl adjacent to an activating group) is 1. The number of carbonyl (C=O) groups is 1. The van der Waals surface area contributed by atoms with E-state index in [1.165, 1.54) is 0 Å². The normalized spacial score (nSPS) is 10.9. The topological polar surface area (TPSA) is 29.5 Å². The van der Waals surface area contributed by atoms with Crippen LogP contribution in [0.15, 0.2) is 40.2 Å². The van der Waals surface area contributed by atoms with E-state index in [2.05, 4.69) is 15.9 Å². The second-order valence-electron chi connectivity index (χ2n) is 4.63. The number of rotatable bonds is 5. The number of nitrogens with zero attached hydrogens (tertiary/aromatic N) is 1. The molecule has 0 aliphatic carbocycles. The molecule has 1 heterocycles. The lowest BCUT2D eigenvalue weighted by molar-refractivity contribution is -0.125. The largest absolute Gasteiger partial charge is 0.496 e. The molecular weight excluding hydrogens is 386 g/mol. The summed E-state index contributed by atoms with van der Waals surface area (Å²) in [7, 11) is 3.35. The van der Waals surface area contributed by atoms with E-state index in [-0.39, 0.29) is 5.91 Å². The SMILES string of the molecule is COc1ccc(Cl)cc1CN(C)C(=O)/C=C/c1ccc(Br)s1. The van der Waals surface area contributed by atoms with Crippen molar-refractivity contribution in [1.29, 1.82) is 0 Å². The number of thiophene rings is 1. The van der Waals surface area contributed by atoms with Crippen LogP contribution in [0, 0.1) is 0 Å². The molecule has 2 rings (SSSR count). The zero-order chi connectivity index (χ0) is 16.1. The van der Waals surface area contributed by atoms with Gasteiger partial charge in [0.15, 0.2) is 0 Å². The number of hydrogen-bond donors (Lipinski definition) is 0. The summed E-state index contributed by atoms with van der Waals surface area (Å²) in [4.78, 5) is 14.8. The first kappa shape index (κ1) is 17.1. The minimum atomic E-state index is -0.0773. The maximum Gasteiger partial charge on any atom is 0.246 e. The van der Waals surface area contributed by atoms with Gasteiger partial charge in [0, 0.05) is 35.1 Å². The van der Waals surface area contributed by atoms with E-state index in [1.54, 1.807) is 48.6 Å². The van der Waals surface area contributed by atoms with Gasteiger partial charge in [0.25, 0.3) is 0 Å². The van der Waals surface area contributed by atoms with E-state index in [0.29, 0.717) is 11.6 Å².